The number of carbonyl (C=O) groups excluding carboxylic acids is 1. The molecule has 3 rings (SSSR count). The molecule has 0 fully saturated rings. The molecule has 6 nitrogen and oxygen atoms in total. The fraction of sp³-hybridized carbons (Fsp3) is 0.176. The van der Waals surface area contributed by atoms with Gasteiger partial charge in [0.2, 0.25) is 5.91 Å². The molecule has 0 spiro atoms. The number of aromatic nitrogens is 4. The summed E-state index contributed by atoms with van der Waals surface area (Å²) in [6.45, 7) is 1.78. The third kappa shape index (κ3) is 4.17. The first-order valence-corrected chi connectivity index (χ1v) is 9.32. The lowest BCUT2D eigenvalue weighted by molar-refractivity contribution is -0.115. The molecule has 134 valence electrons. The molecule has 1 atom stereocenters. The van der Waals surface area contributed by atoms with E-state index in [-0.39, 0.29) is 16.7 Å². The first-order valence-electron chi connectivity index (χ1n) is 7.69. The van der Waals surface area contributed by atoms with Crippen molar-refractivity contribution in [2.24, 2.45) is 7.05 Å². The van der Waals surface area contributed by atoms with Crippen LogP contribution in [0.25, 0.3) is 11.4 Å². The Morgan fingerprint density at radius 1 is 1.23 bits per heavy atom. The summed E-state index contributed by atoms with van der Waals surface area (Å²) in [5.74, 6) is 0.774. The summed E-state index contributed by atoms with van der Waals surface area (Å²) in [4.78, 5) is 16.5. The van der Waals surface area contributed by atoms with Gasteiger partial charge in [0, 0.05) is 18.8 Å². The molecule has 0 aliphatic carbocycles. The van der Waals surface area contributed by atoms with Crippen LogP contribution in [-0.2, 0) is 11.8 Å². The highest BCUT2D eigenvalue weighted by Gasteiger charge is 2.20. The van der Waals surface area contributed by atoms with E-state index in [1.54, 1.807) is 6.92 Å². The standard InChI is InChI=1S/C17H15Cl2N5OS/c1-10(16(25)21-14-13(19)8-12(18)9-20-14)26-17-23-22-15(24(17)2)11-6-4-3-5-7-11/h3-10H,1-2H3,(H,20,21,25)/t10-/m1/s1. The molecular formula is C17H15Cl2N5OS. The highest BCUT2D eigenvalue weighted by atomic mass is 35.5. The Morgan fingerprint density at radius 2 is 1.96 bits per heavy atom. The lowest BCUT2D eigenvalue weighted by Gasteiger charge is -2.12. The van der Waals surface area contributed by atoms with Crippen molar-refractivity contribution in [1.29, 1.82) is 0 Å². The quantitative estimate of drug-likeness (QED) is 0.638. The van der Waals surface area contributed by atoms with E-state index in [1.807, 2.05) is 41.9 Å². The highest BCUT2D eigenvalue weighted by Crippen LogP contribution is 2.27. The summed E-state index contributed by atoms with van der Waals surface area (Å²) < 4.78 is 1.86. The summed E-state index contributed by atoms with van der Waals surface area (Å²) in [7, 11) is 1.87. The van der Waals surface area contributed by atoms with Crippen molar-refractivity contribution in [3.63, 3.8) is 0 Å². The van der Waals surface area contributed by atoms with Crippen molar-refractivity contribution in [3.05, 3.63) is 52.6 Å². The molecule has 2 heterocycles. The molecule has 26 heavy (non-hydrogen) atoms. The van der Waals surface area contributed by atoms with Gasteiger partial charge in [-0.15, -0.1) is 10.2 Å². The summed E-state index contributed by atoms with van der Waals surface area (Å²) in [5.41, 5.74) is 0.962. The minimum atomic E-state index is -0.421. The molecule has 1 aromatic carbocycles. The number of amides is 1. The van der Waals surface area contributed by atoms with Gasteiger partial charge in [-0.1, -0.05) is 65.3 Å². The van der Waals surface area contributed by atoms with Gasteiger partial charge in [0.1, 0.15) is 0 Å². The zero-order chi connectivity index (χ0) is 18.7. The van der Waals surface area contributed by atoms with E-state index >= 15 is 0 Å². The van der Waals surface area contributed by atoms with Crippen molar-refractivity contribution in [3.8, 4) is 11.4 Å². The number of nitrogens with zero attached hydrogens (tertiary/aromatic N) is 4. The zero-order valence-corrected chi connectivity index (χ0v) is 16.3. The van der Waals surface area contributed by atoms with Crippen molar-refractivity contribution >= 4 is 46.7 Å². The van der Waals surface area contributed by atoms with Gasteiger partial charge in [-0.2, -0.15) is 0 Å². The maximum atomic E-state index is 12.4. The molecule has 0 unspecified atom stereocenters. The molecule has 3 aromatic rings. The second-order valence-corrected chi connectivity index (χ2v) is 7.62. The molecular weight excluding hydrogens is 393 g/mol. The average Bonchev–Trinajstić information content (AvgIpc) is 2.98. The molecule has 2 aromatic heterocycles. The van der Waals surface area contributed by atoms with Crippen LogP contribution in [0.1, 0.15) is 6.92 Å². The van der Waals surface area contributed by atoms with Gasteiger partial charge in [0.15, 0.2) is 16.8 Å². The lowest BCUT2D eigenvalue weighted by Crippen LogP contribution is -2.23. The maximum Gasteiger partial charge on any atom is 0.238 e. The van der Waals surface area contributed by atoms with Crippen LogP contribution in [0.4, 0.5) is 5.82 Å². The molecule has 1 N–H and O–H groups in total. The smallest absolute Gasteiger partial charge is 0.238 e. The second kappa shape index (κ2) is 8.07. The fourth-order valence-electron chi connectivity index (χ4n) is 2.19. The van der Waals surface area contributed by atoms with Crippen LogP contribution >= 0.6 is 35.0 Å². The normalized spacial score (nSPS) is 12.0. The van der Waals surface area contributed by atoms with Gasteiger partial charge in [-0.05, 0) is 13.0 Å². The number of carbonyl (C=O) groups is 1. The van der Waals surface area contributed by atoms with E-state index in [1.165, 1.54) is 24.0 Å². The van der Waals surface area contributed by atoms with E-state index < -0.39 is 5.25 Å². The zero-order valence-electron chi connectivity index (χ0n) is 14.0. The van der Waals surface area contributed by atoms with Crippen LogP contribution < -0.4 is 5.32 Å². The largest absolute Gasteiger partial charge is 0.308 e. The topological polar surface area (TPSA) is 72.7 Å². The van der Waals surface area contributed by atoms with Gasteiger partial charge in [-0.25, -0.2) is 4.98 Å². The van der Waals surface area contributed by atoms with E-state index in [0.29, 0.717) is 10.2 Å². The second-order valence-electron chi connectivity index (χ2n) is 5.46. The van der Waals surface area contributed by atoms with Crippen LogP contribution in [0.3, 0.4) is 0 Å². The SMILES string of the molecule is C[C@@H](Sc1nnc(-c2ccccc2)n1C)C(=O)Nc1ncc(Cl)cc1Cl. The van der Waals surface area contributed by atoms with Gasteiger partial charge < -0.3 is 9.88 Å². The van der Waals surface area contributed by atoms with Gasteiger partial charge in [-0.3, -0.25) is 4.79 Å². The van der Waals surface area contributed by atoms with Crippen molar-refractivity contribution < 1.29 is 4.79 Å². The number of hydrogen-bond donors (Lipinski definition) is 1. The van der Waals surface area contributed by atoms with Gasteiger partial charge >= 0.3 is 0 Å². The Balaban J connectivity index is 1.71. The lowest BCUT2D eigenvalue weighted by atomic mass is 10.2. The number of hydrogen-bond acceptors (Lipinski definition) is 5. The number of halogens is 2. The summed E-state index contributed by atoms with van der Waals surface area (Å²) in [6, 6.07) is 11.3. The predicted molar refractivity (Wildman–Crippen MR) is 105 cm³/mol. The van der Waals surface area contributed by atoms with E-state index in [2.05, 4.69) is 20.5 Å². The molecule has 0 radical (unpaired) electrons. The Morgan fingerprint density at radius 3 is 2.65 bits per heavy atom. The highest BCUT2D eigenvalue weighted by molar-refractivity contribution is 8.00. The third-order valence-electron chi connectivity index (χ3n) is 3.57. The number of benzene rings is 1. The van der Waals surface area contributed by atoms with Crippen LogP contribution in [0, 0.1) is 0 Å². The molecule has 0 saturated carbocycles. The molecule has 0 bridgehead atoms. The molecule has 0 aliphatic rings. The third-order valence-corrected chi connectivity index (χ3v) is 5.20. The predicted octanol–water partition coefficient (Wildman–Crippen LogP) is 4.30. The fourth-order valence-corrected chi connectivity index (χ4v) is 3.43. The first kappa shape index (κ1) is 18.7. The number of anilines is 1. The number of pyridine rings is 1. The maximum absolute atomic E-state index is 12.4. The van der Waals surface area contributed by atoms with Crippen LogP contribution in [0.2, 0.25) is 10.0 Å². The van der Waals surface area contributed by atoms with Crippen molar-refractivity contribution in [2.75, 3.05) is 5.32 Å². The number of rotatable bonds is 5. The Kier molecular flexibility index (Phi) is 5.80. The molecule has 0 saturated heterocycles. The average molecular weight is 408 g/mol. The van der Waals surface area contributed by atoms with E-state index in [0.717, 1.165) is 11.4 Å². The van der Waals surface area contributed by atoms with E-state index in [9.17, 15) is 4.79 Å². The van der Waals surface area contributed by atoms with E-state index in [4.69, 9.17) is 23.2 Å². The van der Waals surface area contributed by atoms with Crippen LogP contribution in [0.5, 0.6) is 0 Å². The van der Waals surface area contributed by atoms with Crippen molar-refractivity contribution in [1.82, 2.24) is 19.7 Å². The molecule has 1 amide bonds. The van der Waals surface area contributed by atoms with Gasteiger partial charge in [0.05, 0.1) is 15.3 Å². The number of thioether (sulfide) groups is 1. The van der Waals surface area contributed by atoms with Crippen LogP contribution in [-0.4, -0.2) is 30.9 Å². The Hall–Kier alpha value is -2.09. The minimum absolute atomic E-state index is 0.240. The molecule has 9 heteroatoms. The Labute approximate surface area is 164 Å². The van der Waals surface area contributed by atoms with Crippen LogP contribution in [0.15, 0.2) is 47.8 Å². The Bertz CT molecular complexity index is 932. The summed E-state index contributed by atoms with van der Waals surface area (Å²) in [6.07, 6.45) is 1.43. The monoisotopic (exact) mass is 407 g/mol. The number of nitrogens with one attached hydrogen (secondary N) is 1. The molecule has 0 aliphatic heterocycles. The van der Waals surface area contributed by atoms with Crippen molar-refractivity contribution in [2.45, 2.75) is 17.3 Å². The van der Waals surface area contributed by atoms with Gasteiger partial charge in [0.25, 0.3) is 0 Å². The summed E-state index contributed by atoms with van der Waals surface area (Å²) in [5, 5.41) is 12.0. The first-order chi connectivity index (χ1) is 12.5. The summed E-state index contributed by atoms with van der Waals surface area (Å²) >= 11 is 13.2. The minimum Gasteiger partial charge on any atom is -0.308 e.